The second kappa shape index (κ2) is 25.4. The Labute approximate surface area is 157 Å². The molecule has 0 bridgehead atoms. The zero-order valence-electron chi connectivity index (χ0n) is 16.9. The molecule has 1 aliphatic carbocycles. The van der Waals surface area contributed by atoms with Crippen molar-refractivity contribution < 1.29 is 9.90 Å². The molecule has 0 aromatic carbocycles. The van der Waals surface area contributed by atoms with Crippen LogP contribution < -0.4 is 12.3 Å². The fourth-order valence-corrected chi connectivity index (χ4v) is 2.35. The van der Waals surface area contributed by atoms with Crippen LogP contribution in [0.4, 0.5) is 0 Å². The van der Waals surface area contributed by atoms with Crippen LogP contribution in [0, 0.1) is 0 Å². The highest BCUT2D eigenvalue weighted by Gasteiger charge is 1.96. The van der Waals surface area contributed by atoms with Crippen LogP contribution in [-0.2, 0) is 4.79 Å². The average Bonchev–Trinajstić information content (AvgIpc) is 3.39. The minimum atomic E-state index is -0.664. The van der Waals surface area contributed by atoms with E-state index in [-0.39, 0.29) is 12.3 Å². The Hall–Kier alpha value is -0.870. The van der Waals surface area contributed by atoms with Gasteiger partial charge in [0.1, 0.15) is 0 Å². The zero-order chi connectivity index (χ0) is 17.0. The summed E-state index contributed by atoms with van der Waals surface area (Å²) in [5, 5.41) is 8.51. The predicted octanol–water partition coefficient (Wildman–Crippen LogP) is 7.60. The Kier molecular flexibility index (Phi) is 29.3. The van der Waals surface area contributed by atoms with Gasteiger partial charge in [0, 0.05) is 6.42 Å². The van der Waals surface area contributed by atoms with Gasteiger partial charge in [-0.05, 0) is 32.1 Å². The van der Waals surface area contributed by atoms with Gasteiger partial charge in [0.25, 0.3) is 0 Å². The molecule has 0 spiro atoms. The van der Waals surface area contributed by atoms with Crippen molar-refractivity contribution in [3.8, 4) is 0 Å². The average molecular weight is 359 g/mol. The Morgan fingerprint density at radius 3 is 1.52 bits per heavy atom. The van der Waals surface area contributed by atoms with Crippen molar-refractivity contribution in [2.75, 3.05) is 0 Å². The van der Waals surface area contributed by atoms with Gasteiger partial charge in [-0.25, -0.2) is 0 Å². The van der Waals surface area contributed by atoms with Gasteiger partial charge in [-0.1, -0.05) is 89.7 Å². The van der Waals surface area contributed by atoms with Crippen molar-refractivity contribution in [3.05, 3.63) is 12.2 Å². The number of carbonyl (C=O) groups is 1. The van der Waals surface area contributed by atoms with E-state index in [4.69, 9.17) is 5.11 Å². The van der Waals surface area contributed by atoms with Crippen molar-refractivity contribution in [2.45, 2.75) is 116 Å². The minimum Gasteiger partial charge on any atom is -0.481 e. The highest BCUT2D eigenvalue weighted by Crippen LogP contribution is 2.15. The summed E-state index contributed by atoms with van der Waals surface area (Å²) in [6.07, 6.45) is 25.7. The highest BCUT2D eigenvalue weighted by molar-refractivity contribution is 5.66. The first-order valence-electron chi connectivity index (χ1n) is 10.1. The lowest BCUT2D eigenvalue weighted by Gasteiger charge is -1.99. The van der Waals surface area contributed by atoms with E-state index in [0.717, 1.165) is 12.8 Å². The standard InChI is InChI=1S/C18H34O2.C3H6.2H3N/c1-2-3-4-5-6-7-8-9-10-11-12-13-14-15-16-17-18(19)20;1-2-3-1;;/h9-10H,2-8,11-17H2,1H3,(H,19,20);1-3H2;2*1H3/b10-9-;;;. The second-order valence-corrected chi connectivity index (χ2v) is 6.79. The first-order valence-corrected chi connectivity index (χ1v) is 10.1. The molecule has 0 amide bonds. The van der Waals surface area contributed by atoms with E-state index in [9.17, 15) is 4.79 Å². The van der Waals surface area contributed by atoms with Crippen molar-refractivity contribution in [3.63, 3.8) is 0 Å². The first-order chi connectivity index (χ1) is 11.3. The normalized spacial score (nSPS) is 11.9. The molecule has 0 aromatic rings. The SMILES string of the molecule is C1CC1.CCCCCCCC/C=C\CCCCCCCC(=O)O.N.N. The quantitative estimate of drug-likeness (QED) is 0.207. The van der Waals surface area contributed by atoms with E-state index < -0.39 is 5.97 Å². The van der Waals surface area contributed by atoms with Gasteiger partial charge >= 0.3 is 5.97 Å². The zero-order valence-corrected chi connectivity index (χ0v) is 16.9. The van der Waals surface area contributed by atoms with Crippen LogP contribution in [0.1, 0.15) is 116 Å². The molecule has 4 heteroatoms. The minimum absolute atomic E-state index is 0. The maximum atomic E-state index is 10.3. The van der Waals surface area contributed by atoms with Gasteiger partial charge in [-0.2, -0.15) is 0 Å². The summed E-state index contributed by atoms with van der Waals surface area (Å²) >= 11 is 0. The van der Waals surface area contributed by atoms with Crippen LogP contribution in [-0.4, -0.2) is 11.1 Å². The smallest absolute Gasteiger partial charge is 0.303 e. The molecule has 152 valence electrons. The van der Waals surface area contributed by atoms with Crippen LogP contribution in [0.25, 0.3) is 0 Å². The summed E-state index contributed by atoms with van der Waals surface area (Å²) in [5.74, 6) is -0.664. The highest BCUT2D eigenvalue weighted by atomic mass is 16.4. The summed E-state index contributed by atoms with van der Waals surface area (Å²) in [5.41, 5.74) is 0. The van der Waals surface area contributed by atoms with Gasteiger partial charge in [-0.15, -0.1) is 0 Å². The lowest BCUT2D eigenvalue weighted by molar-refractivity contribution is -0.137. The Bertz CT molecular complexity index is 276. The van der Waals surface area contributed by atoms with Crippen LogP contribution >= 0.6 is 0 Å². The predicted molar refractivity (Wildman–Crippen MR) is 111 cm³/mol. The van der Waals surface area contributed by atoms with Gasteiger partial charge in [0.05, 0.1) is 0 Å². The molecular weight excluding hydrogens is 312 g/mol. The molecule has 0 aromatic heterocycles. The van der Waals surface area contributed by atoms with E-state index >= 15 is 0 Å². The Balaban J connectivity index is -0.000000866. The van der Waals surface area contributed by atoms with Crippen LogP contribution in [0.3, 0.4) is 0 Å². The van der Waals surface area contributed by atoms with E-state index in [2.05, 4.69) is 19.1 Å². The number of allylic oxidation sites excluding steroid dienone is 2. The summed E-state index contributed by atoms with van der Waals surface area (Å²) < 4.78 is 0. The monoisotopic (exact) mass is 358 g/mol. The van der Waals surface area contributed by atoms with E-state index in [1.165, 1.54) is 89.9 Å². The maximum absolute atomic E-state index is 10.3. The van der Waals surface area contributed by atoms with Gasteiger partial charge < -0.3 is 17.4 Å². The van der Waals surface area contributed by atoms with Gasteiger partial charge in [-0.3, -0.25) is 4.79 Å². The third-order valence-corrected chi connectivity index (χ3v) is 4.01. The van der Waals surface area contributed by atoms with Gasteiger partial charge in [0.15, 0.2) is 0 Å². The summed E-state index contributed by atoms with van der Waals surface area (Å²) in [6.45, 7) is 2.26. The number of carboxylic acids is 1. The molecule has 1 fully saturated rings. The largest absolute Gasteiger partial charge is 0.481 e. The molecule has 1 aliphatic rings. The molecule has 0 aliphatic heterocycles. The maximum Gasteiger partial charge on any atom is 0.303 e. The summed E-state index contributed by atoms with van der Waals surface area (Å²) in [4.78, 5) is 10.3. The number of hydrogen-bond donors (Lipinski definition) is 3. The molecule has 0 radical (unpaired) electrons. The Morgan fingerprint density at radius 2 is 1.12 bits per heavy atom. The number of aliphatic carboxylic acids is 1. The molecule has 25 heavy (non-hydrogen) atoms. The molecule has 7 N–H and O–H groups in total. The molecule has 1 rings (SSSR count). The van der Waals surface area contributed by atoms with Gasteiger partial charge in [0.2, 0.25) is 0 Å². The number of carboxylic acid groups (broad SMARTS) is 1. The third-order valence-electron chi connectivity index (χ3n) is 4.01. The Morgan fingerprint density at radius 1 is 0.720 bits per heavy atom. The molecule has 0 atom stereocenters. The lowest BCUT2D eigenvalue weighted by atomic mass is 10.1. The van der Waals surface area contributed by atoms with Crippen molar-refractivity contribution in [2.24, 2.45) is 0 Å². The molecule has 1 saturated carbocycles. The van der Waals surface area contributed by atoms with Crippen LogP contribution in [0.5, 0.6) is 0 Å². The molecule has 0 heterocycles. The van der Waals surface area contributed by atoms with Crippen molar-refractivity contribution in [1.82, 2.24) is 12.3 Å². The van der Waals surface area contributed by atoms with E-state index in [0.29, 0.717) is 6.42 Å². The lowest BCUT2D eigenvalue weighted by Crippen LogP contribution is -1.93. The molecular formula is C21H46N2O2. The number of unbranched alkanes of at least 4 members (excludes halogenated alkanes) is 11. The first kappa shape index (κ1) is 28.9. The van der Waals surface area contributed by atoms with E-state index in [1.807, 2.05) is 0 Å². The molecule has 0 unspecified atom stereocenters. The molecule has 0 saturated heterocycles. The third kappa shape index (κ3) is 35.2. The summed E-state index contributed by atoms with van der Waals surface area (Å²) in [6, 6.07) is 0. The fourth-order valence-electron chi connectivity index (χ4n) is 2.35. The van der Waals surface area contributed by atoms with Crippen molar-refractivity contribution >= 4 is 5.97 Å². The number of hydrogen-bond acceptors (Lipinski definition) is 3. The topological polar surface area (TPSA) is 107 Å². The molecule has 4 nitrogen and oxygen atoms in total. The van der Waals surface area contributed by atoms with Crippen LogP contribution in [0.15, 0.2) is 12.2 Å². The second-order valence-electron chi connectivity index (χ2n) is 6.79. The van der Waals surface area contributed by atoms with Crippen molar-refractivity contribution in [1.29, 1.82) is 0 Å². The van der Waals surface area contributed by atoms with E-state index in [1.54, 1.807) is 0 Å². The van der Waals surface area contributed by atoms with Crippen LogP contribution in [0.2, 0.25) is 0 Å². The number of rotatable bonds is 15. The summed E-state index contributed by atoms with van der Waals surface area (Å²) in [7, 11) is 0. The fraction of sp³-hybridized carbons (Fsp3) is 0.857.